The minimum atomic E-state index is -3.46. The van der Waals surface area contributed by atoms with Gasteiger partial charge in [-0.15, -0.1) is 0 Å². The molecule has 1 saturated heterocycles. The summed E-state index contributed by atoms with van der Waals surface area (Å²) in [5, 5.41) is 3.59. The van der Waals surface area contributed by atoms with E-state index in [0.717, 1.165) is 11.6 Å². The van der Waals surface area contributed by atoms with Crippen molar-refractivity contribution in [2.24, 2.45) is 0 Å². The maximum absolute atomic E-state index is 12.7. The molecule has 202 valence electrons. The van der Waals surface area contributed by atoms with Gasteiger partial charge in [-0.1, -0.05) is 12.1 Å². The molecule has 0 unspecified atom stereocenters. The summed E-state index contributed by atoms with van der Waals surface area (Å²) in [7, 11) is -6.58. The van der Waals surface area contributed by atoms with Gasteiger partial charge in [0.2, 0.25) is 0 Å². The maximum atomic E-state index is 12.7. The van der Waals surface area contributed by atoms with Crippen LogP contribution in [0.3, 0.4) is 0 Å². The molecule has 1 aliphatic heterocycles. The van der Waals surface area contributed by atoms with Crippen LogP contribution in [0.1, 0.15) is 28.0 Å². The molecule has 4 aromatic rings. The summed E-state index contributed by atoms with van der Waals surface area (Å²) >= 11 is 0. The van der Waals surface area contributed by atoms with Gasteiger partial charge in [-0.2, -0.15) is 0 Å². The van der Waals surface area contributed by atoms with Crippen molar-refractivity contribution in [3.63, 3.8) is 0 Å². The third kappa shape index (κ3) is 6.07. The number of hydrogen-bond acceptors (Lipinski definition) is 9. The zero-order chi connectivity index (χ0) is 27.8. The SMILES string of the molecule is Cc1ccc(C(=O)NCc2cc3nc(-c4cccc(N5CCCS(=O)(=O)C5)n4)ccc3cn2)cc1S(C)(=O)=O. The number of pyridine rings is 3. The Morgan fingerprint density at radius 2 is 1.85 bits per heavy atom. The Balaban J connectivity index is 1.35. The molecule has 39 heavy (non-hydrogen) atoms. The van der Waals surface area contributed by atoms with E-state index in [9.17, 15) is 21.6 Å². The van der Waals surface area contributed by atoms with Gasteiger partial charge < -0.3 is 10.2 Å². The number of aromatic nitrogens is 3. The Morgan fingerprint density at radius 3 is 2.62 bits per heavy atom. The van der Waals surface area contributed by atoms with Gasteiger partial charge in [-0.25, -0.2) is 26.8 Å². The van der Waals surface area contributed by atoms with E-state index in [2.05, 4.69) is 15.3 Å². The zero-order valence-corrected chi connectivity index (χ0v) is 23.1. The van der Waals surface area contributed by atoms with E-state index in [1.807, 2.05) is 24.3 Å². The number of benzene rings is 1. The summed E-state index contributed by atoms with van der Waals surface area (Å²) in [6.45, 7) is 2.43. The Kier molecular flexibility index (Phi) is 7.08. The van der Waals surface area contributed by atoms with E-state index in [-0.39, 0.29) is 28.6 Å². The van der Waals surface area contributed by atoms with Gasteiger partial charge in [0.15, 0.2) is 19.7 Å². The lowest BCUT2D eigenvalue weighted by atomic mass is 10.1. The number of nitrogens with zero attached hydrogens (tertiary/aromatic N) is 4. The molecular weight excluding hydrogens is 538 g/mol. The fraction of sp³-hybridized carbons (Fsp3) is 0.259. The Hall–Kier alpha value is -3.90. The van der Waals surface area contributed by atoms with Gasteiger partial charge in [0.25, 0.3) is 5.91 Å². The largest absolute Gasteiger partial charge is 0.346 e. The van der Waals surface area contributed by atoms with Crippen molar-refractivity contribution in [3.05, 3.63) is 77.6 Å². The van der Waals surface area contributed by atoms with Gasteiger partial charge in [0.1, 0.15) is 11.7 Å². The highest BCUT2D eigenvalue weighted by atomic mass is 32.2. The molecule has 0 radical (unpaired) electrons. The van der Waals surface area contributed by atoms with Crippen molar-refractivity contribution in [1.82, 2.24) is 20.3 Å². The van der Waals surface area contributed by atoms with Crippen LogP contribution in [0.15, 0.2) is 65.7 Å². The molecule has 0 bridgehead atoms. The minimum Gasteiger partial charge on any atom is -0.346 e. The van der Waals surface area contributed by atoms with Crippen LogP contribution >= 0.6 is 0 Å². The quantitative estimate of drug-likeness (QED) is 0.374. The number of carbonyl (C=O) groups excluding carboxylic acids is 1. The van der Waals surface area contributed by atoms with Crippen molar-refractivity contribution in [1.29, 1.82) is 0 Å². The number of sulfone groups is 2. The van der Waals surface area contributed by atoms with Gasteiger partial charge in [-0.05, 0) is 61.4 Å². The number of anilines is 1. The van der Waals surface area contributed by atoms with Crippen LogP contribution < -0.4 is 10.2 Å². The molecule has 1 fully saturated rings. The predicted molar refractivity (Wildman–Crippen MR) is 149 cm³/mol. The van der Waals surface area contributed by atoms with Crippen molar-refractivity contribution in [2.45, 2.75) is 24.8 Å². The highest BCUT2D eigenvalue weighted by Gasteiger charge is 2.23. The number of nitrogens with one attached hydrogen (secondary N) is 1. The van der Waals surface area contributed by atoms with Gasteiger partial charge >= 0.3 is 0 Å². The molecule has 10 nitrogen and oxygen atoms in total. The van der Waals surface area contributed by atoms with Gasteiger partial charge in [0.05, 0.1) is 39.8 Å². The van der Waals surface area contributed by atoms with Crippen LogP contribution in [0, 0.1) is 6.92 Å². The first kappa shape index (κ1) is 26.7. The molecular formula is C27H27N5O5S2. The average molecular weight is 566 g/mol. The average Bonchev–Trinajstić information content (AvgIpc) is 2.90. The minimum absolute atomic E-state index is 0.0481. The molecule has 1 N–H and O–H groups in total. The molecule has 0 spiro atoms. The summed E-state index contributed by atoms with van der Waals surface area (Å²) in [6.07, 6.45) is 3.35. The summed E-state index contributed by atoms with van der Waals surface area (Å²) in [6, 6.07) is 15.5. The van der Waals surface area contributed by atoms with E-state index >= 15 is 0 Å². The van der Waals surface area contributed by atoms with E-state index in [4.69, 9.17) is 4.98 Å². The zero-order valence-electron chi connectivity index (χ0n) is 21.5. The number of hydrogen-bond donors (Lipinski definition) is 1. The highest BCUT2D eigenvalue weighted by molar-refractivity contribution is 7.91. The molecule has 5 rings (SSSR count). The van der Waals surface area contributed by atoms with E-state index in [1.165, 1.54) is 6.07 Å². The molecule has 1 amide bonds. The van der Waals surface area contributed by atoms with E-state index in [1.54, 1.807) is 42.3 Å². The van der Waals surface area contributed by atoms with Crippen molar-refractivity contribution in [2.75, 3.05) is 29.3 Å². The second-order valence-corrected chi connectivity index (χ2v) is 13.7. The van der Waals surface area contributed by atoms with Crippen LogP contribution in [0.5, 0.6) is 0 Å². The number of aryl methyl sites for hydroxylation is 1. The molecule has 3 aromatic heterocycles. The lowest BCUT2D eigenvalue weighted by molar-refractivity contribution is 0.0950. The third-order valence-electron chi connectivity index (χ3n) is 6.47. The third-order valence-corrected chi connectivity index (χ3v) is 9.32. The molecule has 0 aliphatic carbocycles. The molecule has 12 heteroatoms. The topological polar surface area (TPSA) is 139 Å². The smallest absolute Gasteiger partial charge is 0.251 e. The highest BCUT2D eigenvalue weighted by Crippen LogP contribution is 2.24. The van der Waals surface area contributed by atoms with Crippen LogP contribution in [0.4, 0.5) is 5.82 Å². The summed E-state index contributed by atoms with van der Waals surface area (Å²) in [4.78, 5) is 28.4. The first-order valence-electron chi connectivity index (χ1n) is 12.3. The van der Waals surface area contributed by atoms with Crippen molar-refractivity contribution in [3.8, 4) is 11.4 Å². The monoisotopic (exact) mass is 565 g/mol. The lowest BCUT2D eigenvalue weighted by Gasteiger charge is -2.27. The van der Waals surface area contributed by atoms with Crippen molar-refractivity contribution >= 4 is 42.3 Å². The predicted octanol–water partition coefficient (Wildman–Crippen LogP) is 2.92. The normalized spacial score (nSPS) is 15.3. The van der Waals surface area contributed by atoms with Crippen LogP contribution in [-0.2, 0) is 26.2 Å². The molecule has 0 atom stereocenters. The molecule has 0 saturated carbocycles. The van der Waals surface area contributed by atoms with Gasteiger partial charge in [0, 0.05) is 29.9 Å². The van der Waals surface area contributed by atoms with E-state index < -0.39 is 25.6 Å². The second kappa shape index (κ2) is 10.3. The fourth-order valence-electron chi connectivity index (χ4n) is 4.48. The van der Waals surface area contributed by atoms with Crippen LogP contribution in [0.25, 0.3) is 22.3 Å². The standard InChI is InChI=1S/C27H27N5O5S2/c1-18-7-8-19(13-25(18)38(2,34)35)27(33)29-16-21-14-24-20(15-28-21)9-10-23(30-24)22-5-3-6-26(31-22)32-11-4-12-39(36,37)17-32/h3,5-10,13-15H,4,11-12,16-17H2,1-2H3,(H,29,33). The lowest BCUT2D eigenvalue weighted by Crippen LogP contribution is -2.38. The number of fused-ring (bicyclic) bond motifs is 1. The van der Waals surface area contributed by atoms with Gasteiger partial charge in [-0.3, -0.25) is 9.78 Å². The first-order chi connectivity index (χ1) is 18.5. The van der Waals surface area contributed by atoms with E-state index in [0.29, 0.717) is 46.9 Å². The molecule has 1 aromatic carbocycles. The van der Waals surface area contributed by atoms with Crippen LogP contribution in [0.2, 0.25) is 0 Å². The van der Waals surface area contributed by atoms with Crippen LogP contribution in [-0.4, -0.2) is 62.1 Å². The second-order valence-electron chi connectivity index (χ2n) is 9.57. The number of carbonyl (C=O) groups is 1. The molecule has 1 aliphatic rings. The first-order valence-corrected chi connectivity index (χ1v) is 16.0. The Bertz CT molecular complexity index is 1810. The number of amides is 1. The molecule has 4 heterocycles. The summed E-state index contributed by atoms with van der Waals surface area (Å²) in [5.74, 6) is 0.321. The Morgan fingerprint density at radius 1 is 1.05 bits per heavy atom. The summed E-state index contributed by atoms with van der Waals surface area (Å²) < 4.78 is 48.2. The Labute approximate surface area is 227 Å². The van der Waals surface area contributed by atoms with Crippen molar-refractivity contribution < 1.29 is 21.6 Å². The fourth-order valence-corrected chi connectivity index (χ4v) is 6.90. The summed E-state index contributed by atoms with van der Waals surface area (Å²) in [5.41, 5.74) is 3.30. The number of rotatable bonds is 6. The maximum Gasteiger partial charge on any atom is 0.251 e.